The molecule has 0 saturated heterocycles. The molecule has 3 N–H and O–H groups in total. The van der Waals surface area contributed by atoms with E-state index in [-0.39, 0.29) is 17.4 Å². The third kappa shape index (κ3) is 4.82. The Morgan fingerprint density at radius 3 is 2.50 bits per heavy atom. The number of aromatic nitrogens is 4. The highest BCUT2D eigenvalue weighted by Crippen LogP contribution is 2.16. The number of benzene rings is 1. The van der Waals surface area contributed by atoms with Crippen molar-refractivity contribution >= 4 is 43.5 Å². The molecule has 0 fully saturated rings. The van der Waals surface area contributed by atoms with Crippen LogP contribution in [0.1, 0.15) is 5.69 Å². The molecule has 0 amide bonds. The lowest BCUT2D eigenvalue weighted by Crippen LogP contribution is -2.34. The van der Waals surface area contributed by atoms with Crippen molar-refractivity contribution in [3.8, 4) is 0 Å². The van der Waals surface area contributed by atoms with Gasteiger partial charge in [0.25, 0.3) is 21.2 Å². The van der Waals surface area contributed by atoms with Gasteiger partial charge in [-0.25, -0.2) is 4.68 Å². The normalized spacial score (nSPS) is 11.3. The van der Waals surface area contributed by atoms with Crippen molar-refractivity contribution in [3.63, 3.8) is 0 Å². The van der Waals surface area contributed by atoms with Gasteiger partial charge in [0.2, 0.25) is 5.43 Å². The fraction of sp³-hybridized carbons (Fsp3) is 0.111. The van der Waals surface area contributed by atoms with E-state index in [1.54, 1.807) is 30.5 Å². The number of nitrogens with zero attached hydrogens (tertiary/aromatic N) is 2. The first-order chi connectivity index (χ1) is 14.0. The molecule has 0 aliphatic carbocycles. The van der Waals surface area contributed by atoms with E-state index < -0.39 is 26.7 Å². The second kappa shape index (κ2) is 8.22. The summed E-state index contributed by atoms with van der Waals surface area (Å²) in [7, 11) is -3.67. The number of rotatable bonds is 2. The maximum absolute atomic E-state index is 12.7. The van der Waals surface area contributed by atoms with Gasteiger partial charge in [-0.1, -0.05) is 17.7 Å². The van der Waals surface area contributed by atoms with Crippen molar-refractivity contribution in [2.45, 2.75) is 6.54 Å². The molecule has 4 rings (SSSR count). The Balaban J connectivity index is 0.000000461. The van der Waals surface area contributed by atoms with Crippen molar-refractivity contribution in [3.05, 3.63) is 84.2 Å². The topological polar surface area (TPSA) is 155 Å². The molecule has 3 heterocycles. The second-order valence-electron chi connectivity index (χ2n) is 6.28. The molecular weight excluding hydrogens is 436 g/mol. The number of fused-ring (bicyclic) bond motifs is 2. The van der Waals surface area contributed by atoms with E-state index in [9.17, 15) is 22.8 Å². The Kier molecular flexibility index (Phi) is 5.87. The average Bonchev–Trinajstić information content (AvgIpc) is 2.65. The first-order valence-electron chi connectivity index (χ1n) is 8.35. The summed E-state index contributed by atoms with van der Waals surface area (Å²) in [6.45, 7) is 0.0585. The van der Waals surface area contributed by atoms with Crippen LogP contribution in [0, 0.1) is 0 Å². The molecule has 10 nitrogen and oxygen atoms in total. The molecule has 1 aromatic carbocycles. The number of nitrogens with one attached hydrogen (secondary N) is 2. The molecular formula is C18H15ClN4O6S. The maximum Gasteiger partial charge on any atom is 0.287 e. The van der Waals surface area contributed by atoms with Crippen LogP contribution in [0.4, 0.5) is 0 Å². The van der Waals surface area contributed by atoms with E-state index in [4.69, 9.17) is 16.2 Å². The van der Waals surface area contributed by atoms with Crippen molar-refractivity contribution in [1.82, 2.24) is 19.7 Å². The smallest absolute Gasteiger partial charge is 0.287 e. The monoisotopic (exact) mass is 450 g/mol. The minimum atomic E-state index is -3.67. The molecule has 0 spiro atoms. The first-order valence-corrected chi connectivity index (χ1v) is 10.6. The van der Waals surface area contributed by atoms with Crippen LogP contribution in [-0.4, -0.2) is 39.0 Å². The summed E-state index contributed by atoms with van der Waals surface area (Å²) in [5, 5.41) is 3.01. The van der Waals surface area contributed by atoms with Crippen LogP contribution in [0.25, 0.3) is 21.8 Å². The minimum absolute atomic E-state index is 0.0585. The minimum Gasteiger partial charge on any atom is -0.350 e. The van der Waals surface area contributed by atoms with Crippen molar-refractivity contribution < 1.29 is 13.0 Å². The molecule has 0 unspecified atom stereocenters. The van der Waals surface area contributed by atoms with E-state index in [0.29, 0.717) is 27.9 Å². The summed E-state index contributed by atoms with van der Waals surface area (Å²) in [4.78, 5) is 44.8. The van der Waals surface area contributed by atoms with E-state index in [1.807, 2.05) is 0 Å². The fourth-order valence-electron chi connectivity index (χ4n) is 2.77. The zero-order valence-corrected chi connectivity index (χ0v) is 17.0. The standard InChI is InChI=1S/C17H11ClN4O3.CH4O3S/c18-9-4-5-11-12(7-9)20-14-13(15(11)23)17(25)22(21-16(14)24)8-10-3-1-2-6-19-10;1-5(2,3)4/h1-7H,8H2,(H,20,23)(H,21,24);1H3,(H,2,3,4). The van der Waals surface area contributed by atoms with Crippen LogP contribution >= 0.6 is 11.6 Å². The van der Waals surface area contributed by atoms with Gasteiger partial charge in [-0.05, 0) is 30.3 Å². The number of H-pyrrole nitrogens is 2. The number of hydrogen-bond acceptors (Lipinski definition) is 6. The van der Waals surface area contributed by atoms with Gasteiger partial charge in [0.05, 0.1) is 24.0 Å². The van der Waals surface area contributed by atoms with E-state index in [1.165, 1.54) is 12.1 Å². The first kappa shape index (κ1) is 21.4. The van der Waals surface area contributed by atoms with Gasteiger partial charge in [-0.15, -0.1) is 0 Å². The Bertz CT molecular complexity index is 1520. The largest absolute Gasteiger partial charge is 0.350 e. The lowest BCUT2D eigenvalue weighted by Gasteiger charge is -2.07. The third-order valence-electron chi connectivity index (χ3n) is 3.93. The summed E-state index contributed by atoms with van der Waals surface area (Å²) in [6, 6.07) is 9.87. The molecule has 0 aliphatic rings. The van der Waals surface area contributed by atoms with Crippen molar-refractivity contribution in [2.75, 3.05) is 6.26 Å². The average molecular weight is 451 g/mol. The second-order valence-corrected chi connectivity index (χ2v) is 8.18. The summed E-state index contributed by atoms with van der Waals surface area (Å²) in [5.41, 5.74) is -0.739. The summed E-state index contributed by atoms with van der Waals surface area (Å²) >= 11 is 5.93. The summed E-state index contributed by atoms with van der Waals surface area (Å²) < 4.78 is 27.0. The Hall–Kier alpha value is -3.28. The zero-order chi connectivity index (χ0) is 22.1. The van der Waals surface area contributed by atoms with Gasteiger partial charge in [-0.2, -0.15) is 8.42 Å². The molecule has 0 radical (unpaired) electrons. The summed E-state index contributed by atoms with van der Waals surface area (Å²) in [6.07, 6.45) is 2.30. The predicted octanol–water partition coefficient (Wildman–Crippen LogP) is 1.13. The van der Waals surface area contributed by atoms with Gasteiger partial charge >= 0.3 is 0 Å². The van der Waals surface area contributed by atoms with Crippen LogP contribution in [-0.2, 0) is 16.7 Å². The third-order valence-corrected chi connectivity index (χ3v) is 4.17. The highest BCUT2D eigenvalue weighted by molar-refractivity contribution is 7.85. The molecule has 0 saturated carbocycles. The van der Waals surface area contributed by atoms with Gasteiger partial charge in [0.1, 0.15) is 10.9 Å². The molecule has 12 heteroatoms. The molecule has 156 valence electrons. The molecule has 3 aromatic heterocycles. The Morgan fingerprint density at radius 2 is 1.87 bits per heavy atom. The van der Waals surface area contributed by atoms with Gasteiger partial charge in [0.15, 0.2) is 0 Å². The molecule has 0 aliphatic heterocycles. The summed E-state index contributed by atoms with van der Waals surface area (Å²) in [5.74, 6) is 0. The number of hydrogen-bond donors (Lipinski definition) is 3. The van der Waals surface area contributed by atoms with Crippen molar-refractivity contribution in [1.29, 1.82) is 0 Å². The molecule has 0 atom stereocenters. The van der Waals surface area contributed by atoms with Crippen LogP contribution in [0.5, 0.6) is 0 Å². The van der Waals surface area contributed by atoms with Gasteiger partial charge in [0, 0.05) is 16.6 Å². The van der Waals surface area contributed by atoms with E-state index in [2.05, 4.69) is 15.1 Å². The van der Waals surface area contributed by atoms with E-state index in [0.717, 1.165) is 4.68 Å². The fourth-order valence-corrected chi connectivity index (χ4v) is 2.94. The van der Waals surface area contributed by atoms with Gasteiger partial charge in [-0.3, -0.25) is 29.0 Å². The Morgan fingerprint density at radius 1 is 1.17 bits per heavy atom. The van der Waals surface area contributed by atoms with Gasteiger partial charge < -0.3 is 4.98 Å². The maximum atomic E-state index is 12.7. The van der Waals surface area contributed by atoms with Crippen LogP contribution < -0.4 is 16.5 Å². The number of pyridine rings is 2. The Labute approximate surface area is 173 Å². The highest BCUT2D eigenvalue weighted by Gasteiger charge is 2.15. The zero-order valence-electron chi connectivity index (χ0n) is 15.4. The quantitative estimate of drug-likeness (QED) is 0.305. The molecule has 0 bridgehead atoms. The van der Waals surface area contributed by atoms with Crippen LogP contribution in [0.2, 0.25) is 5.02 Å². The lowest BCUT2D eigenvalue weighted by atomic mass is 10.1. The highest BCUT2D eigenvalue weighted by atomic mass is 35.5. The number of halogens is 1. The number of aromatic amines is 2. The molecule has 30 heavy (non-hydrogen) atoms. The van der Waals surface area contributed by atoms with Crippen molar-refractivity contribution in [2.24, 2.45) is 0 Å². The van der Waals surface area contributed by atoms with E-state index >= 15 is 0 Å². The van der Waals surface area contributed by atoms with Crippen LogP contribution in [0.15, 0.2) is 57.0 Å². The van der Waals surface area contributed by atoms with Crippen LogP contribution in [0.3, 0.4) is 0 Å². The lowest BCUT2D eigenvalue weighted by molar-refractivity contribution is 0.490. The SMILES string of the molecule is CS(=O)(=O)O.O=c1[nH]n(Cc2ccccn2)c(=O)c2c(=O)c3ccc(Cl)cc3[nH]c12. The predicted molar refractivity (Wildman–Crippen MR) is 113 cm³/mol. The molecule has 4 aromatic rings.